The van der Waals surface area contributed by atoms with Gasteiger partial charge in [0.1, 0.15) is 34.5 Å². The number of pyridine rings is 3. The van der Waals surface area contributed by atoms with Gasteiger partial charge in [0.2, 0.25) is 0 Å². The van der Waals surface area contributed by atoms with Crippen LogP contribution in [0.4, 0.5) is 40.7 Å². The first-order chi connectivity index (χ1) is 39.9. The van der Waals surface area contributed by atoms with Crippen LogP contribution < -0.4 is 32.6 Å². The summed E-state index contributed by atoms with van der Waals surface area (Å²) in [5.74, 6) is -4.45. The van der Waals surface area contributed by atoms with Crippen molar-refractivity contribution in [3.05, 3.63) is 158 Å². The summed E-state index contributed by atoms with van der Waals surface area (Å²) in [7, 11) is 0. The monoisotopic (exact) mass is 1140 g/mol. The van der Waals surface area contributed by atoms with Crippen LogP contribution in [-0.2, 0) is 0 Å². The van der Waals surface area contributed by atoms with Gasteiger partial charge in [0, 0.05) is 56.4 Å². The highest BCUT2D eigenvalue weighted by Crippen LogP contribution is 2.25. The molecule has 0 aliphatic heterocycles. The summed E-state index contributed by atoms with van der Waals surface area (Å²) in [6.07, 6.45) is 10.7. The van der Waals surface area contributed by atoms with Gasteiger partial charge in [0.15, 0.2) is 34.4 Å². The first-order valence-corrected chi connectivity index (χ1v) is 25.5. The predicted octanol–water partition coefficient (Wildman–Crippen LogP) is 7.56. The molecule has 3 aromatic carbocycles. The standard InChI is InChI=1S/C19H18F2N6O2.C18H16F2N6O2.C16H12F2N6O2/c1-10(2)5-6-22-19(29)27-17-12(9-24-27)16-13(8-23-17)18(28)26(25-16)15-4-3-11(20)7-14(15)21;1-2-3-6-21-18(28)26-16-11(9-23-26)15-12(8-22-16)17(27)25(24-15)14-5-4-10(19)7-13(14)20;1-2-19-16(26)24-14-9(7-21-24)13-10(6-20-14)15(25)23(22-13)12-4-3-8(17)5-11(12)18/h3-4,7-10,25H,5-6H2,1-2H3,(H,22,29);4-5,7-9,24H,2-3,6H2,1H3,(H,21,28);3-7,22H,2H2,1H3,(H,19,26). The van der Waals surface area contributed by atoms with Crippen molar-refractivity contribution in [3.8, 4) is 17.1 Å². The second-order valence-electron chi connectivity index (χ2n) is 18.9. The number of hydrogen-bond donors (Lipinski definition) is 6. The topological polar surface area (TPSA) is 293 Å². The summed E-state index contributed by atoms with van der Waals surface area (Å²) < 4.78 is 88.0. The molecule has 0 unspecified atom stereocenters. The van der Waals surface area contributed by atoms with Gasteiger partial charge in [-0.15, -0.1) is 0 Å². The van der Waals surface area contributed by atoms with Crippen molar-refractivity contribution in [2.75, 3.05) is 19.6 Å². The second kappa shape index (κ2) is 22.8. The van der Waals surface area contributed by atoms with E-state index in [9.17, 15) is 55.1 Å². The molecule has 0 bridgehead atoms. The first-order valence-electron chi connectivity index (χ1n) is 25.5. The maximum absolute atomic E-state index is 14.1. The molecule has 0 saturated heterocycles. The molecule has 0 fully saturated rings. The van der Waals surface area contributed by atoms with Crippen LogP contribution in [-0.4, -0.2) is 111 Å². The average molecular weight is 1150 g/mol. The highest BCUT2D eigenvalue weighted by Gasteiger charge is 2.23. The zero-order valence-electron chi connectivity index (χ0n) is 44.1. The Morgan fingerprint density at radius 3 is 1.13 bits per heavy atom. The van der Waals surface area contributed by atoms with E-state index in [2.05, 4.69) is 75.3 Å². The molecule has 0 aliphatic carbocycles. The lowest BCUT2D eigenvalue weighted by Gasteiger charge is -2.07. The molecule has 0 atom stereocenters. The number of carbonyl (C=O) groups excluding carboxylic acids is 3. The predicted molar refractivity (Wildman–Crippen MR) is 291 cm³/mol. The number of rotatable bonds is 10. The number of fused-ring (bicyclic) bond motifs is 9. The van der Waals surface area contributed by atoms with E-state index in [4.69, 9.17) is 0 Å². The van der Waals surface area contributed by atoms with Gasteiger partial charge < -0.3 is 16.0 Å². The van der Waals surface area contributed by atoms with Crippen molar-refractivity contribution in [3.63, 3.8) is 0 Å². The third-order valence-corrected chi connectivity index (χ3v) is 12.9. The third kappa shape index (κ3) is 10.5. The lowest BCUT2D eigenvalue weighted by Crippen LogP contribution is -2.30. The van der Waals surface area contributed by atoms with Crippen LogP contribution in [0.2, 0.25) is 0 Å². The van der Waals surface area contributed by atoms with E-state index in [-0.39, 0.29) is 50.2 Å². The molecular formula is C53H46F6N18O6. The van der Waals surface area contributed by atoms with E-state index in [1.165, 1.54) is 37.2 Å². The minimum Gasteiger partial charge on any atom is -0.336 e. The van der Waals surface area contributed by atoms with Crippen molar-refractivity contribution in [2.24, 2.45) is 5.92 Å². The molecule has 0 spiro atoms. The van der Waals surface area contributed by atoms with Crippen LogP contribution in [0.1, 0.15) is 47.0 Å². The van der Waals surface area contributed by atoms with Gasteiger partial charge in [0.25, 0.3) is 16.7 Å². The minimum atomic E-state index is -0.888. The molecule has 30 heteroatoms. The Labute approximate surface area is 460 Å². The molecule has 426 valence electrons. The van der Waals surface area contributed by atoms with Crippen molar-refractivity contribution >= 4 is 83.9 Å². The number of aromatic amines is 3. The van der Waals surface area contributed by atoms with E-state index in [1.54, 1.807) is 6.92 Å². The summed E-state index contributed by atoms with van der Waals surface area (Å²) >= 11 is 0. The Hall–Kier alpha value is -10.7. The summed E-state index contributed by atoms with van der Waals surface area (Å²) in [6.45, 7) is 9.31. The Morgan fingerprint density at radius 2 is 0.819 bits per heavy atom. The van der Waals surface area contributed by atoms with Crippen molar-refractivity contribution in [2.45, 2.75) is 47.0 Å². The number of aromatic nitrogens is 15. The molecule has 0 radical (unpaired) electrons. The van der Waals surface area contributed by atoms with Gasteiger partial charge in [-0.05, 0) is 62.1 Å². The number of unbranched alkanes of at least 4 members (excludes halogenated alkanes) is 1. The van der Waals surface area contributed by atoms with E-state index >= 15 is 0 Å². The Balaban J connectivity index is 0.000000139. The highest BCUT2D eigenvalue weighted by molar-refractivity contribution is 6.05. The number of carbonyl (C=O) groups is 3. The van der Waals surface area contributed by atoms with Crippen LogP contribution in [0, 0.1) is 40.8 Å². The van der Waals surface area contributed by atoms with Gasteiger partial charge in [-0.25, -0.2) is 69.7 Å². The third-order valence-electron chi connectivity index (χ3n) is 12.9. The largest absolute Gasteiger partial charge is 0.344 e. The molecule has 12 rings (SSSR count). The summed E-state index contributed by atoms with van der Waals surface area (Å²) in [5, 5.41) is 30.5. The van der Waals surface area contributed by atoms with Gasteiger partial charge in [0.05, 0.1) is 67.5 Å². The van der Waals surface area contributed by atoms with Crippen molar-refractivity contribution < 1.29 is 40.7 Å². The van der Waals surface area contributed by atoms with Crippen LogP contribution in [0.5, 0.6) is 0 Å². The second-order valence-corrected chi connectivity index (χ2v) is 18.9. The van der Waals surface area contributed by atoms with E-state index in [1.807, 2.05) is 6.92 Å². The van der Waals surface area contributed by atoms with Gasteiger partial charge in [-0.2, -0.15) is 29.3 Å². The Bertz CT molecular complexity index is 4700. The van der Waals surface area contributed by atoms with Crippen LogP contribution in [0.3, 0.4) is 0 Å². The quantitative estimate of drug-likeness (QED) is 0.0571. The number of halogens is 6. The molecular weight excluding hydrogens is 1100 g/mol. The lowest BCUT2D eigenvalue weighted by atomic mass is 10.1. The maximum atomic E-state index is 14.1. The number of nitrogens with zero attached hydrogens (tertiary/aromatic N) is 12. The number of amides is 3. The SMILES string of the molecule is CC(C)CCNC(=O)n1ncc2c3[nH]n(-c4ccc(F)cc4F)c(=O)c3cnc21.CCCCNC(=O)n1ncc2c3[nH]n(-c4ccc(F)cc4F)c(=O)c3cnc21.CCNC(=O)n1ncc2c3[nH]n(-c4ccc(F)cc4F)c(=O)c3cnc21. The smallest absolute Gasteiger partial charge is 0.336 e. The zero-order valence-corrected chi connectivity index (χ0v) is 44.1. The van der Waals surface area contributed by atoms with Crippen LogP contribution >= 0.6 is 0 Å². The molecule has 3 amide bonds. The maximum Gasteiger partial charge on any atom is 0.344 e. The fourth-order valence-corrected chi connectivity index (χ4v) is 8.79. The Morgan fingerprint density at radius 1 is 0.482 bits per heavy atom. The van der Waals surface area contributed by atoms with Gasteiger partial charge in [-0.3, -0.25) is 29.7 Å². The highest BCUT2D eigenvalue weighted by atomic mass is 19.2. The summed E-state index contributed by atoms with van der Waals surface area (Å²) in [4.78, 5) is 87.1. The normalized spacial score (nSPS) is 11.5. The zero-order chi connectivity index (χ0) is 59.0. The summed E-state index contributed by atoms with van der Waals surface area (Å²) in [5.41, 5.74) is -0.208. The minimum absolute atomic E-state index is 0.125. The molecule has 9 aromatic heterocycles. The number of nitrogens with one attached hydrogen (secondary N) is 6. The number of H-pyrrole nitrogens is 3. The van der Waals surface area contributed by atoms with Gasteiger partial charge >= 0.3 is 18.1 Å². The van der Waals surface area contributed by atoms with Gasteiger partial charge in [-0.1, -0.05) is 27.2 Å². The van der Waals surface area contributed by atoms with E-state index in [0.717, 1.165) is 83.8 Å². The van der Waals surface area contributed by atoms with Crippen LogP contribution in [0.25, 0.3) is 82.9 Å². The van der Waals surface area contributed by atoms with Crippen LogP contribution in [0.15, 0.2) is 106 Å². The lowest BCUT2D eigenvalue weighted by molar-refractivity contribution is 0.239. The molecule has 0 saturated carbocycles. The average Bonchev–Trinajstić information content (AvgIpc) is 4.44. The molecule has 12 aromatic rings. The van der Waals surface area contributed by atoms with E-state index in [0.29, 0.717) is 76.5 Å². The molecule has 24 nitrogen and oxygen atoms in total. The summed E-state index contributed by atoms with van der Waals surface area (Å²) in [6, 6.07) is 7.41. The molecule has 6 N–H and O–H groups in total. The fourth-order valence-electron chi connectivity index (χ4n) is 8.79. The fraction of sp³-hybridized carbons (Fsp3) is 0.208. The number of hydrogen-bond acceptors (Lipinski definition) is 12. The Kier molecular flexibility index (Phi) is 15.3. The first kappa shape index (κ1) is 55.6. The molecule has 0 aliphatic rings. The molecule has 83 heavy (non-hydrogen) atoms. The number of benzene rings is 3. The van der Waals surface area contributed by atoms with E-state index < -0.39 is 69.7 Å². The van der Waals surface area contributed by atoms with Crippen molar-refractivity contribution in [1.82, 2.24) is 89.6 Å². The molecule has 9 heterocycles. The van der Waals surface area contributed by atoms with Crippen molar-refractivity contribution in [1.29, 1.82) is 0 Å².